The van der Waals surface area contributed by atoms with E-state index in [1.165, 1.54) is 12.2 Å². The minimum atomic E-state index is -2.41. The van der Waals surface area contributed by atoms with Gasteiger partial charge in [-0.15, -0.1) is 0 Å². The maximum atomic E-state index is 15.7. The lowest BCUT2D eigenvalue weighted by Gasteiger charge is -2.23. The Kier molecular flexibility index (Phi) is 10.9. The molecule has 41 heavy (non-hydrogen) atoms. The fourth-order valence-electron chi connectivity index (χ4n) is 4.36. The fourth-order valence-corrected chi connectivity index (χ4v) is 4.36. The Balaban J connectivity index is 1.24. The van der Waals surface area contributed by atoms with Crippen molar-refractivity contribution < 1.29 is 42.4 Å². The first-order chi connectivity index (χ1) is 19.9. The molecule has 0 radical (unpaired) electrons. The standard InChI is InChI=1S/C32H37FO8/c1-3-5-19-36-25-13-7-23(8-14-25)11-17-29(34)40-27-21-39-32(33)28(22-38-31(27)32)41-30(35)18-12-24-9-15-26(16-10-24)37-20-6-4-2/h7-18,27-28,31H,3-6,19-22H2,1-2H3/b17-11+,18-12+/t27-,28-,31-,32-/m1/s1. The van der Waals surface area contributed by atoms with Crippen molar-refractivity contribution in [3.8, 4) is 11.5 Å². The Morgan fingerprint density at radius 1 is 0.829 bits per heavy atom. The fraction of sp³-hybridized carbons (Fsp3) is 0.438. The average Bonchev–Trinajstić information content (AvgIpc) is 3.47. The molecule has 0 spiro atoms. The van der Waals surface area contributed by atoms with E-state index in [2.05, 4.69) is 13.8 Å². The van der Waals surface area contributed by atoms with Gasteiger partial charge in [0.05, 0.1) is 26.4 Å². The smallest absolute Gasteiger partial charge is 0.331 e. The Bertz CT molecular complexity index is 1190. The molecule has 2 aromatic carbocycles. The second kappa shape index (κ2) is 14.8. The summed E-state index contributed by atoms with van der Waals surface area (Å²) in [7, 11) is 0. The molecule has 2 saturated heterocycles. The maximum absolute atomic E-state index is 15.7. The summed E-state index contributed by atoms with van der Waals surface area (Å²) < 4.78 is 48.4. The molecular weight excluding hydrogens is 531 g/mol. The van der Waals surface area contributed by atoms with Gasteiger partial charge in [0.1, 0.15) is 11.5 Å². The van der Waals surface area contributed by atoms with Crippen molar-refractivity contribution in [3.05, 3.63) is 71.8 Å². The molecular formula is C32H37FO8. The quantitative estimate of drug-likeness (QED) is 0.163. The molecule has 4 rings (SSSR count). The Labute approximate surface area is 240 Å². The maximum Gasteiger partial charge on any atom is 0.331 e. The Morgan fingerprint density at radius 2 is 1.34 bits per heavy atom. The van der Waals surface area contributed by atoms with Crippen LogP contribution >= 0.6 is 0 Å². The van der Waals surface area contributed by atoms with Crippen LogP contribution in [0.2, 0.25) is 0 Å². The highest BCUT2D eigenvalue weighted by atomic mass is 19.2. The number of hydrogen-bond acceptors (Lipinski definition) is 8. The molecule has 220 valence electrons. The lowest BCUT2D eigenvalue weighted by atomic mass is 10.1. The molecule has 0 bridgehead atoms. The number of carbonyl (C=O) groups is 2. The van der Waals surface area contributed by atoms with Crippen molar-refractivity contribution in [2.24, 2.45) is 0 Å². The van der Waals surface area contributed by atoms with E-state index in [-0.39, 0.29) is 13.2 Å². The van der Waals surface area contributed by atoms with Gasteiger partial charge in [0, 0.05) is 12.2 Å². The van der Waals surface area contributed by atoms with Crippen LogP contribution < -0.4 is 9.47 Å². The molecule has 0 N–H and O–H groups in total. The third-order valence-electron chi connectivity index (χ3n) is 6.70. The predicted molar refractivity (Wildman–Crippen MR) is 151 cm³/mol. The van der Waals surface area contributed by atoms with Crippen LogP contribution in [0, 0.1) is 0 Å². The highest BCUT2D eigenvalue weighted by Gasteiger charge is 2.64. The third-order valence-corrected chi connectivity index (χ3v) is 6.70. The number of alkyl halides is 1. The number of halogens is 1. The SMILES string of the molecule is CCCCOc1ccc(/C=C/C(=O)O[C@@H]2CO[C@@]3(F)[C@@H]2OC[C@H]3OC(=O)/C=C/c2ccc(OCCCC)cc2)cc1. The molecule has 4 atom stereocenters. The number of benzene rings is 2. The number of carbonyl (C=O) groups excluding carboxylic acids is 2. The lowest BCUT2D eigenvalue weighted by molar-refractivity contribution is -0.190. The van der Waals surface area contributed by atoms with Gasteiger partial charge in [0.2, 0.25) is 0 Å². The van der Waals surface area contributed by atoms with E-state index in [0.29, 0.717) is 13.2 Å². The average molecular weight is 569 g/mol. The van der Waals surface area contributed by atoms with Gasteiger partial charge >= 0.3 is 11.9 Å². The molecule has 0 aliphatic carbocycles. The third kappa shape index (κ3) is 8.41. The van der Waals surface area contributed by atoms with E-state index in [4.69, 9.17) is 28.4 Å². The summed E-state index contributed by atoms with van der Waals surface area (Å²) in [6.07, 6.45) is 6.21. The van der Waals surface area contributed by atoms with Crippen molar-refractivity contribution in [2.75, 3.05) is 26.4 Å². The zero-order chi connectivity index (χ0) is 29.1. The molecule has 0 amide bonds. The normalized spacial score (nSPS) is 23.5. The zero-order valence-corrected chi connectivity index (χ0v) is 23.5. The summed E-state index contributed by atoms with van der Waals surface area (Å²) in [6, 6.07) is 14.5. The second-order valence-corrected chi connectivity index (χ2v) is 9.87. The summed E-state index contributed by atoms with van der Waals surface area (Å²) in [5, 5.41) is 0. The minimum absolute atomic E-state index is 0.221. The van der Waals surface area contributed by atoms with Gasteiger partial charge in [-0.3, -0.25) is 0 Å². The summed E-state index contributed by atoms with van der Waals surface area (Å²) in [5.74, 6) is -2.32. The molecule has 0 saturated carbocycles. The van der Waals surface area contributed by atoms with Crippen molar-refractivity contribution in [3.63, 3.8) is 0 Å². The van der Waals surface area contributed by atoms with Crippen LogP contribution in [-0.2, 0) is 28.5 Å². The van der Waals surface area contributed by atoms with Crippen LogP contribution in [0.15, 0.2) is 60.7 Å². The van der Waals surface area contributed by atoms with E-state index < -0.39 is 36.1 Å². The van der Waals surface area contributed by atoms with Gasteiger partial charge in [0.15, 0.2) is 18.3 Å². The number of hydrogen-bond donors (Lipinski definition) is 0. The summed E-state index contributed by atoms with van der Waals surface area (Å²) >= 11 is 0. The monoisotopic (exact) mass is 568 g/mol. The van der Waals surface area contributed by atoms with Gasteiger partial charge in [-0.05, 0) is 60.4 Å². The van der Waals surface area contributed by atoms with Gasteiger partial charge in [-0.2, -0.15) is 0 Å². The van der Waals surface area contributed by atoms with E-state index in [9.17, 15) is 9.59 Å². The van der Waals surface area contributed by atoms with Crippen molar-refractivity contribution in [2.45, 2.75) is 63.7 Å². The zero-order valence-electron chi connectivity index (χ0n) is 23.5. The van der Waals surface area contributed by atoms with Gasteiger partial charge in [0.25, 0.3) is 5.85 Å². The summed E-state index contributed by atoms with van der Waals surface area (Å²) in [5.41, 5.74) is 1.54. The molecule has 0 unspecified atom stereocenters. The lowest BCUT2D eigenvalue weighted by Crippen LogP contribution is -2.45. The minimum Gasteiger partial charge on any atom is -0.494 e. The number of fused-ring (bicyclic) bond motifs is 1. The number of ether oxygens (including phenoxy) is 6. The first kappa shape index (κ1) is 30.3. The van der Waals surface area contributed by atoms with Crippen LogP contribution in [0.3, 0.4) is 0 Å². The second-order valence-electron chi connectivity index (χ2n) is 9.87. The van der Waals surface area contributed by atoms with E-state index in [1.54, 1.807) is 12.2 Å². The number of esters is 2. The Hall–Kier alpha value is -3.69. The van der Waals surface area contributed by atoms with E-state index in [1.807, 2.05) is 48.5 Å². The molecule has 2 aliphatic heterocycles. The van der Waals surface area contributed by atoms with Gasteiger partial charge < -0.3 is 28.4 Å². The molecule has 2 aliphatic rings. The predicted octanol–water partition coefficient (Wildman–Crippen LogP) is 5.69. The van der Waals surface area contributed by atoms with Crippen LogP contribution in [0.1, 0.15) is 50.7 Å². The molecule has 2 fully saturated rings. The van der Waals surface area contributed by atoms with Crippen molar-refractivity contribution >= 4 is 24.1 Å². The molecule has 2 heterocycles. The van der Waals surface area contributed by atoms with Gasteiger partial charge in [-0.1, -0.05) is 51.0 Å². The molecule has 9 heteroatoms. The van der Waals surface area contributed by atoms with Crippen LogP contribution in [0.5, 0.6) is 11.5 Å². The Morgan fingerprint density at radius 3 is 1.85 bits per heavy atom. The molecule has 8 nitrogen and oxygen atoms in total. The first-order valence-electron chi connectivity index (χ1n) is 14.1. The largest absolute Gasteiger partial charge is 0.494 e. The highest BCUT2D eigenvalue weighted by molar-refractivity contribution is 5.88. The van der Waals surface area contributed by atoms with Gasteiger partial charge in [-0.25, -0.2) is 14.0 Å². The topological polar surface area (TPSA) is 89.5 Å². The first-order valence-corrected chi connectivity index (χ1v) is 14.1. The van der Waals surface area contributed by atoms with Crippen LogP contribution in [-0.4, -0.2) is 62.5 Å². The highest BCUT2D eigenvalue weighted by Crippen LogP contribution is 2.41. The van der Waals surface area contributed by atoms with E-state index in [0.717, 1.165) is 48.3 Å². The van der Waals surface area contributed by atoms with Crippen LogP contribution in [0.4, 0.5) is 4.39 Å². The summed E-state index contributed by atoms with van der Waals surface area (Å²) in [6.45, 7) is 5.05. The number of unbranched alkanes of at least 4 members (excludes halogenated alkanes) is 2. The molecule has 0 aromatic heterocycles. The number of rotatable bonds is 14. The molecule has 2 aromatic rings. The van der Waals surface area contributed by atoms with Crippen molar-refractivity contribution in [1.29, 1.82) is 0 Å². The van der Waals surface area contributed by atoms with E-state index >= 15 is 4.39 Å². The van der Waals surface area contributed by atoms with Crippen molar-refractivity contribution in [1.82, 2.24) is 0 Å². The summed E-state index contributed by atoms with van der Waals surface area (Å²) in [4.78, 5) is 24.8. The van der Waals surface area contributed by atoms with Crippen LogP contribution in [0.25, 0.3) is 12.2 Å².